The smallest absolute Gasteiger partial charge is 0.417 e. The number of hydrogen-bond acceptors (Lipinski definition) is 4. The molecule has 0 saturated carbocycles. The fourth-order valence-electron chi connectivity index (χ4n) is 3.48. The van der Waals surface area contributed by atoms with E-state index in [4.69, 9.17) is 4.74 Å². The Morgan fingerprint density at radius 3 is 2.50 bits per heavy atom. The second kappa shape index (κ2) is 9.85. The van der Waals surface area contributed by atoms with Gasteiger partial charge in [-0.1, -0.05) is 66.7 Å². The molecule has 0 aliphatic carbocycles. The molecule has 1 aliphatic rings. The summed E-state index contributed by atoms with van der Waals surface area (Å²) in [5.74, 6) is -0.236. The van der Waals surface area contributed by atoms with Gasteiger partial charge in [0.15, 0.2) is 0 Å². The minimum absolute atomic E-state index is 0.0823. The van der Waals surface area contributed by atoms with Gasteiger partial charge in [-0.05, 0) is 42.4 Å². The Labute approximate surface area is 165 Å². The summed E-state index contributed by atoms with van der Waals surface area (Å²) in [5.41, 5.74) is 2.18. The Kier molecular flexibility index (Phi) is 6.98. The average Bonchev–Trinajstić information content (AvgIpc) is 3.08. The van der Waals surface area contributed by atoms with E-state index in [0.717, 1.165) is 11.1 Å². The molecule has 2 aromatic carbocycles. The van der Waals surface area contributed by atoms with E-state index in [2.05, 4.69) is 0 Å². The van der Waals surface area contributed by atoms with Gasteiger partial charge in [0, 0.05) is 6.61 Å². The van der Waals surface area contributed by atoms with Gasteiger partial charge in [-0.3, -0.25) is 4.79 Å². The number of carbonyl (C=O) groups is 2. The molecule has 146 valence electrons. The summed E-state index contributed by atoms with van der Waals surface area (Å²) < 4.78 is 5.11. The van der Waals surface area contributed by atoms with Crippen LogP contribution in [0.1, 0.15) is 29.9 Å². The normalized spacial score (nSPS) is 17.7. The third-order valence-electron chi connectivity index (χ3n) is 4.94. The number of hydrogen-bond donors (Lipinski definition) is 1. The quantitative estimate of drug-likeness (QED) is 0.711. The van der Waals surface area contributed by atoms with Crippen molar-refractivity contribution in [2.45, 2.75) is 31.2 Å². The van der Waals surface area contributed by atoms with Crippen LogP contribution < -0.4 is 0 Å². The van der Waals surface area contributed by atoms with Crippen LogP contribution in [0.15, 0.2) is 72.8 Å². The zero-order valence-corrected chi connectivity index (χ0v) is 15.7. The lowest BCUT2D eigenvalue weighted by molar-refractivity contribution is -0.124. The highest BCUT2D eigenvalue weighted by atomic mass is 16.6. The molecule has 0 radical (unpaired) electrons. The van der Waals surface area contributed by atoms with Crippen LogP contribution in [-0.4, -0.2) is 41.3 Å². The minimum Gasteiger partial charge on any atom is -0.447 e. The molecule has 0 unspecified atom stereocenters. The number of ether oxygens (including phenoxy) is 1. The van der Waals surface area contributed by atoms with Crippen LogP contribution in [-0.2, 0) is 16.0 Å². The van der Waals surface area contributed by atoms with Crippen molar-refractivity contribution in [2.75, 3.05) is 13.2 Å². The molecule has 3 rings (SSSR count). The van der Waals surface area contributed by atoms with Crippen molar-refractivity contribution >= 4 is 12.0 Å². The van der Waals surface area contributed by atoms with Gasteiger partial charge >= 0.3 is 6.09 Å². The first-order valence-electron chi connectivity index (χ1n) is 9.55. The van der Waals surface area contributed by atoms with Gasteiger partial charge < -0.3 is 9.84 Å². The number of imide groups is 1. The van der Waals surface area contributed by atoms with Gasteiger partial charge in [-0.25, -0.2) is 9.69 Å². The summed E-state index contributed by atoms with van der Waals surface area (Å²) in [6.45, 7) is 0.295. The van der Waals surface area contributed by atoms with E-state index in [-0.39, 0.29) is 31.1 Å². The molecule has 5 nitrogen and oxygen atoms in total. The molecule has 1 heterocycles. The van der Waals surface area contributed by atoms with Crippen molar-refractivity contribution in [1.82, 2.24) is 4.90 Å². The number of aliphatic hydroxyl groups excluding tert-OH is 1. The van der Waals surface area contributed by atoms with Crippen LogP contribution in [0.5, 0.6) is 0 Å². The van der Waals surface area contributed by atoms with Crippen molar-refractivity contribution in [1.29, 1.82) is 0 Å². The molecular formula is C23H25NO4. The van der Waals surface area contributed by atoms with E-state index in [9.17, 15) is 14.7 Å². The van der Waals surface area contributed by atoms with E-state index in [1.807, 2.05) is 60.7 Å². The van der Waals surface area contributed by atoms with Gasteiger partial charge in [0.1, 0.15) is 6.61 Å². The van der Waals surface area contributed by atoms with Gasteiger partial charge in [-0.15, -0.1) is 0 Å². The summed E-state index contributed by atoms with van der Waals surface area (Å²) in [6, 6.07) is 19.4. The zero-order chi connectivity index (χ0) is 19.8. The Hall–Kier alpha value is -2.92. The lowest BCUT2D eigenvalue weighted by Gasteiger charge is -2.18. The number of amides is 2. The molecule has 0 spiro atoms. The van der Waals surface area contributed by atoms with Gasteiger partial charge in [0.2, 0.25) is 0 Å². The number of rotatable bonds is 8. The number of aliphatic hydroxyl groups is 1. The molecule has 1 saturated heterocycles. The van der Waals surface area contributed by atoms with Crippen LogP contribution in [0, 0.1) is 0 Å². The summed E-state index contributed by atoms with van der Waals surface area (Å²) in [6.07, 6.45) is 4.43. The third kappa shape index (κ3) is 5.08. The highest BCUT2D eigenvalue weighted by Crippen LogP contribution is 2.24. The molecule has 2 amide bonds. The maximum atomic E-state index is 12.6. The molecule has 2 atom stereocenters. The number of benzene rings is 2. The van der Waals surface area contributed by atoms with Crippen molar-refractivity contribution < 1.29 is 19.4 Å². The summed E-state index contributed by atoms with van der Waals surface area (Å²) in [4.78, 5) is 25.9. The molecule has 28 heavy (non-hydrogen) atoms. The predicted molar refractivity (Wildman–Crippen MR) is 107 cm³/mol. The Morgan fingerprint density at radius 1 is 1.14 bits per heavy atom. The number of carbonyl (C=O) groups excluding carboxylic acids is 2. The highest BCUT2D eigenvalue weighted by molar-refractivity contribution is 5.99. The first-order valence-corrected chi connectivity index (χ1v) is 9.55. The number of nitrogens with zero attached hydrogens (tertiary/aromatic N) is 1. The van der Waals surface area contributed by atoms with E-state index >= 15 is 0 Å². The van der Waals surface area contributed by atoms with Gasteiger partial charge in [0.05, 0.1) is 6.04 Å². The largest absolute Gasteiger partial charge is 0.447 e. The zero-order valence-electron chi connectivity index (χ0n) is 15.7. The van der Waals surface area contributed by atoms with Crippen molar-refractivity contribution in [3.05, 3.63) is 83.9 Å². The molecule has 2 aromatic rings. The maximum absolute atomic E-state index is 12.6. The Morgan fingerprint density at radius 2 is 1.82 bits per heavy atom. The molecule has 0 aromatic heterocycles. The van der Waals surface area contributed by atoms with Gasteiger partial charge in [-0.2, -0.15) is 0 Å². The first-order chi connectivity index (χ1) is 13.7. The fourth-order valence-corrected chi connectivity index (χ4v) is 3.48. The molecule has 0 bridgehead atoms. The predicted octanol–water partition coefficient (Wildman–Crippen LogP) is 3.69. The van der Waals surface area contributed by atoms with E-state index in [0.29, 0.717) is 19.3 Å². The van der Waals surface area contributed by atoms with E-state index in [1.165, 1.54) is 11.0 Å². The third-order valence-corrected chi connectivity index (χ3v) is 4.94. The SMILES string of the molecule is O=C(/C=C/C[C@@H](CCO)c1ccccc1)N1C(=O)OC[C@@H]1Cc1ccccc1. The summed E-state index contributed by atoms with van der Waals surface area (Å²) in [5, 5.41) is 9.33. The highest BCUT2D eigenvalue weighted by Gasteiger charge is 2.36. The monoisotopic (exact) mass is 379 g/mol. The number of allylic oxidation sites excluding steroid dienone is 1. The van der Waals surface area contributed by atoms with Crippen molar-refractivity contribution in [3.63, 3.8) is 0 Å². The van der Waals surface area contributed by atoms with Crippen molar-refractivity contribution in [3.8, 4) is 0 Å². The van der Waals surface area contributed by atoms with Crippen LogP contribution in [0.2, 0.25) is 0 Å². The fraction of sp³-hybridized carbons (Fsp3) is 0.304. The second-order valence-electron chi connectivity index (χ2n) is 6.89. The average molecular weight is 379 g/mol. The van der Waals surface area contributed by atoms with Crippen LogP contribution in [0.25, 0.3) is 0 Å². The lowest BCUT2D eigenvalue weighted by atomic mass is 9.92. The standard InChI is InChI=1S/C23H25NO4/c25-15-14-20(19-10-5-2-6-11-19)12-7-13-22(26)24-21(17-28-23(24)27)16-18-8-3-1-4-9-18/h1-11,13,20-21,25H,12,14-17H2/b13-7+/t20-,21-/m0/s1. The van der Waals surface area contributed by atoms with Crippen LogP contribution in [0.3, 0.4) is 0 Å². The maximum Gasteiger partial charge on any atom is 0.417 e. The topological polar surface area (TPSA) is 66.8 Å². The molecule has 5 heteroatoms. The lowest BCUT2D eigenvalue weighted by Crippen LogP contribution is -2.39. The first kappa shape index (κ1) is 19.8. The van der Waals surface area contributed by atoms with E-state index in [1.54, 1.807) is 6.08 Å². The molecular weight excluding hydrogens is 354 g/mol. The van der Waals surface area contributed by atoms with Crippen LogP contribution in [0.4, 0.5) is 4.79 Å². The molecule has 1 aliphatic heterocycles. The second-order valence-corrected chi connectivity index (χ2v) is 6.89. The van der Waals surface area contributed by atoms with Crippen molar-refractivity contribution in [2.24, 2.45) is 0 Å². The number of cyclic esters (lactones) is 1. The summed E-state index contributed by atoms with van der Waals surface area (Å²) in [7, 11) is 0. The minimum atomic E-state index is -0.592. The van der Waals surface area contributed by atoms with E-state index < -0.39 is 6.09 Å². The Balaban J connectivity index is 1.63. The molecule has 1 fully saturated rings. The molecule has 1 N–H and O–H groups in total. The summed E-state index contributed by atoms with van der Waals surface area (Å²) >= 11 is 0. The Bertz CT molecular complexity index is 804. The van der Waals surface area contributed by atoms with Gasteiger partial charge in [0.25, 0.3) is 5.91 Å². The van der Waals surface area contributed by atoms with Crippen LogP contribution >= 0.6 is 0 Å².